The molecule has 3 atom stereocenters. The number of benzene rings is 2. The second-order valence-electron chi connectivity index (χ2n) is 8.31. The van der Waals surface area contributed by atoms with Crippen LogP contribution < -0.4 is 24.3 Å². The van der Waals surface area contributed by atoms with Crippen molar-refractivity contribution in [2.24, 2.45) is 0 Å². The van der Waals surface area contributed by atoms with Crippen molar-refractivity contribution >= 4 is 0 Å². The first-order valence-corrected chi connectivity index (χ1v) is 11.8. The van der Waals surface area contributed by atoms with Crippen molar-refractivity contribution in [1.29, 1.82) is 0 Å². The molecule has 0 aliphatic heterocycles. The third kappa shape index (κ3) is 6.03. The van der Waals surface area contributed by atoms with Crippen LogP contribution >= 0.6 is 0 Å². The molecule has 3 rings (SSSR count). The average molecular weight is 468 g/mol. The van der Waals surface area contributed by atoms with Crippen LogP contribution in [0.25, 0.3) is 5.69 Å². The second kappa shape index (κ2) is 12.3. The van der Waals surface area contributed by atoms with Gasteiger partial charge in [0.25, 0.3) is 0 Å². The summed E-state index contributed by atoms with van der Waals surface area (Å²) in [6.45, 7) is 7.35. The SMILES string of the molecule is CCC(NCC(C)c1cc(OC)c(OC)c(OC)c1)C(CC)Oc1ccc(-n2ccnc2)cc1. The van der Waals surface area contributed by atoms with Crippen LogP contribution in [0.1, 0.15) is 45.1 Å². The first-order chi connectivity index (χ1) is 16.5. The molecule has 7 nitrogen and oxygen atoms in total. The number of nitrogens with zero attached hydrogens (tertiary/aromatic N) is 2. The summed E-state index contributed by atoms with van der Waals surface area (Å²) >= 11 is 0. The molecule has 34 heavy (non-hydrogen) atoms. The largest absolute Gasteiger partial charge is 0.493 e. The van der Waals surface area contributed by atoms with E-state index in [1.807, 2.05) is 47.2 Å². The van der Waals surface area contributed by atoms with E-state index in [1.165, 1.54) is 0 Å². The minimum Gasteiger partial charge on any atom is -0.493 e. The van der Waals surface area contributed by atoms with Crippen LogP contribution in [0.3, 0.4) is 0 Å². The highest BCUT2D eigenvalue weighted by atomic mass is 16.5. The Balaban J connectivity index is 1.65. The normalized spacial score (nSPS) is 13.7. The number of methoxy groups -OCH3 is 3. The van der Waals surface area contributed by atoms with Gasteiger partial charge in [0.1, 0.15) is 11.9 Å². The number of imidazole rings is 1. The Bertz CT molecular complexity index is 980. The lowest BCUT2D eigenvalue weighted by Crippen LogP contribution is -2.43. The van der Waals surface area contributed by atoms with Crippen LogP contribution in [0.15, 0.2) is 55.1 Å². The minimum atomic E-state index is 0.0660. The summed E-state index contributed by atoms with van der Waals surface area (Å²) in [7, 11) is 4.90. The molecule has 0 bridgehead atoms. The topological polar surface area (TPSA) is 66.8 Å². The van der Waals surface area contributed by atoms with Crippen molar-refractivity contribution in [1.82, 2.24) is 14.9 Å². The van der Waals surface area contributed by atoms with Gasteiger partial charge in [0.05, 0.1) is 27.7 Å². The number of hydrogen-bond donors (Lipinski definition) is 1. The molecule has 7 heteroatoms. The summed E-state index contributed by atoms with van der Waals surface area (Å²) < 4.78 is 24.9. The summed E-state index contributed by atoms with van der Waals surface area (Å²) in [5.74, 6) is 3.07. The fraction of sp³-hybridized carbons (Fsp3) is 0.444. The molecule has 1 heterocycles. The highest BCUT2D eigenvalue weighted by Crippen LogP contribution is 2.40. The van der Waals surface area contributed by atoms with Crippen LogP contribution in [0.2, 0.25) is 0 Å². The Labute approximate surface area is 203 Å². The van der Waals surface area contributed by atoms with Gasteiger partial charge in [-0.25, -0.2) is 4.98 Å². The maximum atomic E-state index is 6.39. The summed E-state index contributed by atoms with van der Waals surface area (Å²) in [5, 5.41) is 3.73. The Morgan fingerprint density at radius 2 is 1.62 bits per heavy atom. The maximum absolute atomic E-state index is 6.39. The molecule has 0 radical (unpaired) electrons. The van der Waals surface area contributed by atoms with E-state index < -0.39 is 0 Å². The highest BCUT2D eigenvalue weighted by molar-refractivity contribution is 5.54. The second-order valence-corrected chi connectivity index (χ2v) is 8.31. The Hall–Kier alpha value is -3.19. The lowest BCUT2D eigenvalue weighted by atomic mass is 9.98. The molecule has 0 fully saturated rings. The van der Waals surface area contributed by atoms with Crippen LogP contribution in [-0.2, 0) is 0 Å². The molecule has 2 aromatic carbocycles. The van der Waals surface area contributed by atoms with E-state index in [-0.39, 0.29) is 18.1 Å². The van der Waals surface area contributed by atoms with Gasteiger partial charge < -0.3 is 28.8 Å². The zero-order chi connectivity index (χ0) is 24.5. The van der Waals surface area contributed by atoms with E-state index in [0.29, 0.717) is 17.2 Å². The summed E-state index contributed by atoms with van der Waals surface area (Å²) in [6.07, 6.45) is 7.43. The fourth-order valence-corrected chi connectivity index (χ4v) is 4.10. The zero-order valence-electron chi connectivity index (χ0n) is 21.1. The molecule has 184 valence electrons. The molecule has 3 unspecified atom stereocenters. The molecule has 0 spiro atoms. The predicted octanol–water partition coefficient (Wildman–Crippen LogP) is 5.23. The highest BCUT2D eigenvalue weighted by Gasteiger charge is 2.22. The number of rotatable bonds is 13. The van der Waals surface area contributed by atoms with E-state index in [4.69, 9.17) is 18.9 Å². The summed E-state index contributed by atoms with van der Waals surface area (Å²) in [4.78, 5) is 4.10. The van der Waals surface area contributed by atoms with Gasteiger partial charge in [-0.1, -0.05) is 20.8 Å². The quantitative estimate of drug-likeness (QED) is 0.371. The van der Waals surface area contributed by atoms with E-state index in [0.717, 1.165) is 36.4 Å². The lowest BCUT2D eigenvalue weighted by Gasteiger charge is -2.29. The Morgan fingerprint density at radius 3 is 2.12 bits per heavy atom. The first kappa shape index (κ1) is 25.4. The lowest BCUT2D eigenvalue weighted by molar-refractivity contribution is 0.144. The Morgan fingerprint density at radius 1 is 0.941 bits per heavy atom. The van der Waals surface area contributed by atoms with Gasteiger partial charge in [0.2, 0.25) is 5.75 Å². The number of aromatic nitrogens is 2. The van der Waals surface area contributed by atoms with Crippen molar-refractivity contribution in [3.63, 3.8) is 0 Å². The molecular weight excluding hydrogens is 430 g/mol. The molecule has 0 amide bonds. The molecule has 1 aromatic heterocycles. The van der Waals surface area contributed by atoms with Crippen molar-refractivity contribution in [3.8, 4) is 28.7 Å². The minimum absolute atomic E-state index is 0.0660. The van der Waals surface area contributed by atoms with Crippen molar-refractivity contribution < 1.29 is 18.9 Å². The van der Waals surface area contributed by atoms with Crippen molar-refractivity contribution in [2.75, 3.05) is 27.9 Å². The molecule has 1 N–H and O–H groups in total. The van der Waals surface area contributed by atoms with Crippen molar-refractivity contribution in [3.05, 3.63) is 60.7 Å². The van der Waals surface area contributed by atoms with Gasteiger partial charge in [-0.05, 0) is 60.7 Å². The van der Waals surface area contributed by atoms with E-state index in [1.54, 1.807) is 33.9 Å². The Kier molecular flexibility index (Phi) is 9.22. The fourth-order valence-electron chi connectivity index (χ4n) is 4.10. The van der Waals surface area contributed by atoms with Crippen LogP contribution in [0, 0.1) is 0 Å². The average Bonchev–Trinajstić information content (AvgIpc) is 3.42. The van der Waals surface area contributed by atoms with Gasteiger partial charge in [-0.15, -0.1) is 0 Å². The van der Waals surface area contributed by atoms with Gasteiger partial charge >= 0.3 is 0 Å². The summed E-state index contributed by atoms with van der Waals surface area (Å²) in [6, 6.07) is 12.4. The third-order valence-corrected chi connectivity index (χ3v) is 6.16. The zero-order valence-corrected chi connectivity index (χ0v) is 21.1. The number of ether oxygens (including phenoxy) is 4. The molecule has 0 saturated heterocycles. The van der Waals surface area contributed by atoms with Crippen LogP contribution in [0.4, 0.5) is 0 Å². The molecule has 3 aromatic rings. The summed E-state index contributed by atoms with van der Waals surface area (Å²) in [5.41, 5.74) is 2.18. The van der Waals surface area contributed by atoms with Crippen LogP contribution in [0.5, 0.6) is 23.0 Å². The van der Waals surface area contributed by atoms with Crippen LogP contribution in [-0.4, -0.2) is 49.6 Å². The first-order valence-electron chi connectivity index (χ1n) is 11.8. The maximum Gasteiger partial charge on any atom is 0.203 e. The number of hydrogen-bond acceptors (Lipinski definition) is 6. The molecule has 0 aliphatic rings. The smallest absolute Gasteiger partial charge is 0.203 e. The van der Waals surface area contributed by atoms with E-state index in [9.17, 15) is 0 Å². The molecule has 0 aliphatic carbocycles. The van der Waals surface area contributed by atoms with Crippen molar-refractivity contribution in [2.45, 2.75) is 51.7 Å². The van der Waals surface area contributed by atoms with Gasteiger partial charge in [-0.3, -0.25) is 0 Å². The van der Waals surface area contributed by atoms with Gasteiger partial charge in [0, 0.05) is 30.7 Å². The van der Waals surface area contributed by atoms with E-state index >= 15 is 0 Å². The van der Waals surface area contributed by atoms with E-state index in [2.05, 4.69) is 31.1 Å². The standard InChI is InChI=1S/C27H37N3O4/c1-7-23(24(8-2)34-22-11-9-21(10-12-22)30-14-13-28-18-30)29-17-19(3)20-15-25(31-4)27(33-6)26(16-20)32-5/h9-16,18-19,23-24,29H,7-8,17H2,1-6H3. The molecular formula is C27H37N3O4. The van der Waals surface area contributed by atoms with Gasteiger partial charge in [0.15, 0.2) is 11.5 Å². The predicted molar refractivity (Wildman–Crippen MR) is 135 cm³/mol. The third-order valence-electron chi connectivity index (χ3n) is 6.16. The van der Waals surface area contributed by atoms with Gasteiger partial charge in [-0.2, -0.15) is 0 Å². The monoisotopic (exact) mass is 467 g/mol. The number of nitrogens with one attached hydrogen (secondary N) is 1. The molecule has 0 saturated carbocycles.